The molecule has 1 aromatic heterocycles. The standard InChI is InChI=1S/C27H24Br2N2O2S/c28-19-14-21(27-30-23-8-4-5-9-24(23)34-27)26(22(29)15-19)31-25(32)16-33-20-12-10-18(11-13-20)17-6-2-1-3-7-17/h4-5,8-15,17H,1-3,6-7,16H2,(H,31,32). The van der Waals surface area contributed by atoms with E-state index < -0.39 is 0 Å². The number of ether oxygens (including phenoxy) is 1. The summed E-state index contributed by atoms with van der Waals surface area (Å²) in [5.41, 5.74) is 3.85. The molecule has 0 unspecified atom stereocenters. The van der Waals surface area contributed by atoms with Gasteiger partial charge in [-0.1, -0.05) is 59.5 Å². The Bertz CT molecular complexity index is 1280. The lowest BCUT2D eigenvalue weighted by Crippen LogP contribution is -2.21. The Balaban J connectivity index is 1.29. The van der Waals surface area contributed by atoms with Crippen LogP contribution in [0.5, 0.6) is 5.75 Å². The molecule has 1 amide bonds. The molecule has 1 heterocycles. The number of nitrogens with zero attached hydrogens (tertiary/aromatic N) is 1. The third-order valence-corrected chi connectivity index (χ3v) is 8.32. The summed E-state index contributed by atoms with van der Waals surface area (Å²) in [5.74, 6) is 1.14. The molecule has 5 rings (SSSR count). The van der Waals surface area contributed by atoms with Gasteiger partial charge < -0.3 is 10.1 Å². The summed E-state index contributed by atoms with van der Waals surface area (Å²) in [4.78, 5) is 17.6. The zero-order valence-electron chi connectivity index (χ0n) is 18.5. The van der Waals surface area contributed by atoms with Crippen LogP contribution in [0.1, 0.15) is 43.6 Å². The maximum atomic E-state index is 12.8. The zero-order valence-corrected chi connectivity index (χ0v) is 22.5. The first-order valence-electron chi connectivity index (χ1n) is 11.4. The van der Waals surface area contributed by atoms with Gasteiger partial charge in [-0.25, -0.2) is 4.98 Å². The summed E-state index contributed by atoms with van der Waals surface area (Å²) in [7, 11) is 0. The largest absolute Gasteiger partial charge is 0.484 e. The fourth-order valence-corrected chi connectivity index (χ4v) is 6.77. The van der Waals surface area contributed by atoms with Crippen LogP contribution in [0.15, 0.2) is 69.6 Å². The minimum atomic E-state index is -0.221. The minimum Gasteiger partial charge on any atom is -0.484 e. The van der Waals surface area contributed by atoms with E-state index in [1.54, 1.807) is 11.3 Å². The van der Waals surface area contributed by atoms with Crippen LogP contribution in [0, 0.1) is 0 Å². The zero-order chi connectivity index (χ0) is 23.5. The third kappa shape index (κ3) is 5.37. The fourth-order valence-electron chi connectivity index (χ4n) is 4.45. The number of benzene rings is 3. The topological polar surface area (TPSA) is 51.2 Å². The number of carbonyl (C=O) groups is 1. The van der Waals surface area contributed by atoms with Crippen molar-refractivity contribution in [3.8, 4) is 16.3 Å². The smallest absolute Gasteiger partial charge is 0.262 e. The Kier molecular flexibility index (Phi) is 7.32. The number of hydrogen-bond donors (Lipinski definition) is 1. The van der Waals surface area contributed by atoms with Gasteiger partial charge in [0.2, 0.25) is 0 Å². The van der Waals surface area contributed by atoms with Crippen molar-refractivity contribution in [2.75, 3.05) is 11.9 Å². The summed E-state index contributed by atoms with van der Waals surface area (Å²) in [6.45, 7) is -0.0649. The molecule has 0 bridgehead atoms. The van der Waals surface area contributed by atoms with Crippen LogP contribution in [-0.2, 0) is 4.79 Å². The van der Waals surface area contributed by atoms with E-state index in [-0.39, 0.29) is 12.5 Å². The molecule has 0 saturated heterocycles. The van der Waals surface area contributed by atoms with Gasteiger partial charge in [0.05, 0.1) is 15.9 Å². The SMILES string of the molecule is O=C(COc1ccc(C2CCCCC2)cc1)Nc1c(Br)cc(Br)cc1-c1nc2ccccc2s1. The van der Waals surface area contributed by atoms with Crippen LogP contribution in [0.4, 0.5) is 5.69 Å². The maximum Gasteiger partial charge on any atom is 0.262 e. The van der Waals surface area contributed by atoms with Gasteiger partial charge in [0, 0.05) is 14.5 Å². The van der Waals surface area contributed by atoms with Gasteiger partial charge in [0.25, 0.3) is 5.91 Å². The Hall–Kier alpha value is -2.22. The summed E-state index contributed by atoms with van der Waals surface area (Å²) in [6, 6.07) is 20.1. The van der Waals surface area contributed by atoms with Crippen molar-refractivity contribution in [3.05, 3.63) is 75.2 Å². The Morgan fingerprint density at radius 1 is 1.03 bits per heavy atom. The van der Waals surface area contributed by atoms with E-state index in [9.17, 15) is 4.79 Å². The summed E-state index contributed by atoms with van der Waals surface area (Å²) < 4.78 is 8.58. The molecular formula is C27H24Br2N2O2S. The molecule has 0 atom stereocenters. The fraction of sp³-hybridized carbons (Fsp3) is 0.259. The average molecular weight is 600 g/mol. The van der Waals surface area contributed by atoms with Gasteiger partial charge in [-0.2, -0.15) is 0 Å². The normalized spacial score (nSPS) is 14.3. The van der Waals surface area contributed by atoms with E-state index in [0.29, 0.717) is 17.4 Å². The number of anilines is 1. The number of hydrogen-bond acceptors (Lipinski definition) is 4. The molecule has 1 N–H and O–H groups in total. The van der Waals surface area contributed by atoms with Gasteiger partial charge in [0.15, 0.2) is 6.61 Å². The van der Waals surface area contributed by atoms with E-state index in [0.717, 1.165) is 29.7 Å². The molecule has 3 aromatic carbocycles. The molecule has 0 spiro atoms. The van der Waals surface area contributed by atoms with Crippen molar-refractivity contribution in [3.63, 3.8) is 0 Å². The second-order valence-corrected chi connectivity index (χ2v) is 11.3. The number of thiazole rings is 1. The molecule has 1 saturated carbocycles. The first-order chi connectivity index (χ1) is 16.6. The van der Waals surface area contributed by atoms with Crippen molar-refractivity contribution in [2.24, 2.45) is 0 Å². The highest BCUT2D eigenvalue weighted by Gasteiger charge is 2.18. The minimum absolute atomic E-state index is 0.0649. The molecule has 34 heavy (non-hydrogen) atoms. The second-order valence-electron chi connectivity index (χ2n) is 8.54. The van der Waals surface area contributed by atoms with Crippen LogP contribution >= 0.6 is 43.2 Å². The lowest BCUT2D eigenvalue weighted by molar-refractivity contribution is -0.118. The van der Waals surface area contributed by atoms with Crippen LogP contribution in [0.25, 0.3) is 20.8 Å². The molecule has 0 radical (unpaired) electrons. The number of nitrogens with one attached hydrogen (secondary N) is 1. The quantitative estimate of drug-likeness (QED) is 0.241. The number of rotatable bonds is 6. The number of halogens is 2. The van der Waals surface area contributed by atoms with Crippen molar-refractivity contribution in [1.82, 2.24) is 4.98 Å². The van der Waals surface area contributed by atoms with Crippen molar-refractivity contribution in [1.29, 1.82) is 0 Å². The Morgan fingerprint density at radius 2 is 1.79 bits per heavy atom. The number of para-hydroxylation sites is 1. The van der Waals surface area contributed by atoms with Gasteiger partial charge in [-0.05, 0) is 76.7 Å². The molecule has 174 valence electrons. The van der Waals surface area contributed by atoms with Gasteiger partial charge in [-0.3, -0.25) is 4.79 Å². The maximum absolute atomic E-state index is 12.8. The number of fused-ring (bicyclic) bond motifs is 1. The first kappa shape index (κ1) is 23.5. The molecule has 4 nitrogen and oxygen atoms in total. The van der Waals surface area contributed by atoms with Crippen molar-refractivity contribution in [2.45, 2.75) is 38.0 Å². The van der Waals surface area contributed by atoms with E-state index in [1.165, 1.54) is 37.7 Å². The van der Waals surface area contributed by atoms with E-state index in [4.69, 9.17) is 9.72 Å². The number of aromatic nitrogens is 1. The second kappa shape index (κ2) is 10.6. The van der Waals surface area contributed by atoms with Gasteiger partial charge in [-0.15, -0.1) is 11.3 Å². The molecule has 1 aliphatic carbocycles. The van der Waals surface area contributed by atoms with Crippen LogP contribution in [-0.4, -0.2) is 17.5 Å². The Labute approximate surface area is 220 Å². The predicted octanol–water partition coefficient (Wildman–Crippen LogP) is 8.55. The lowest BCUT2D eigenvalue weighted by Gasteiger charge is -2.22. The molecule has 0 aliphatic heterocycles. The van der Waals surface area contributed by atoms with Crippen LogP contribution in [0.2, 0.25) is 0 Å². The number of amides is 1. The summed E-state index contributed by atoms with van der Waals surface area (Å²) >= 11 is 8.76. The molecular weight excluding hydrogens is 576 g/mol. The molecule has 4 aromatic rings. The summed E-state index contributed by atoms with van der Waals surface area (Å²) in [6.07, 6.45) is 6.51. The van der Waals surface area contributed by atoms with Gasteiger partial charge in [0.1, 0.15) is 10.8 Å². The third-order valence-electron chi connectivity index (χ3n) is 6.17. The van der Waals surface area contributed by atoms with E-state index in [1.807, 2.05) is 42.5 Å². The van der Waals surface area contributed by atoms with Crippen molar-refractivity contribution >= 4 is 65.0 Å². The molecule has 1 aliphatic rings. The van der Waals surface area contributed by atoms with E-state index in [2.05, 4.69) is 55.4 Å². The molecule has 7 heteroatoms. The number of carbonyl (C=O) groups excluding carboxylic acids is 1. The monoisotopic (exact) mass is 598 g/mol. The first-order valence-corrected chi connectivity index (χ1v) is 13.8. The highest BCUT2D eigenvalue weighted by Crippen LogP contribution is 2.40. The van der Waals surface area contributed by atoms with E-state index >= 15 is 0 Å². The highest BCUT2D eigenvalue weighted by atomic mass is 79.9. The van der Waals surface area contributed by atoms with Crippen molar-refractivity contribution < 1.29 is 9.53 Å². The Morgan fingerprint density at radius 3 is 2.56 bits per heavy atom. The molecule has 1 fully saturated rings. The summed E-state index contributed by atoms with van der Waals surface area (Å²) in [5, 5.41) is 3.86. The van der Waals surface area contributed by atoms with Crippen LogP contribution in [0.3, 0.4) is 0 Å². The lowest BCUT2D eigenvalue weighted by atomic mass is 9.84. The van der Waals surface area contributed by atoms with Gasteiger partial charge >= 0.3 is 0 Å². The average Bonchev–Trinajstić information content (AvgIpc) is 3.29. The van der Waals surface area contributed by atoms with Crippen LogP contribution < -0.4 is 10.1 Å². The predicted molar refractivity (Wildman–Crippen MR) is 147 cm³/mol. The highest BCUT2D eigenvalue weighted by molar-refractivity contribution is 9.11.